The number of hydrogen-bond donors (Lipinski definition) is 1. The van der Waals surface area contributed by atoms with Crippen LogP contribution in [0, 0.1) is 0 Å². The van der Waals surface area contributed by atoms with E-state index >= 15 is 0 Å². The smallest absolute Gasteiger partial charge is 0.318 e. The van der Waals surface area contributed by atoms with Crippen LogP contribution in [0.2, 0.25) is 0 Å². The number of morpholine rings is 1. The van der Waals surface area contributed by atoms with Gasteiger partial charge in [0.05, 0.1) is 26.0 Å². The fourth-order valence-electron chi connectivity index (χ4n) is 3.52. The third-order valence-electron chi connectivity index (χ3n) is 4.89. The van der Waals surface area contributed by atoms with Crippen LogP contribution in [0.5, 0.6) is 6.01 Å². The topological polar surface area (TPSA) is 99.7 Å². The van der Waals surface area contributed by atoms with Crippen molar-refractivity contribution in [2.75, 3.05) is 26.4 Å². The lowest BCUT2D eigenvalue weighted by atomic mass is 9.91. The SMILES string of the molecule is CCCCOc1ncc2[nH]n(CCCN3C4COC[C@H]3C4)c2n1.O.[HH]. The van der Waals surface area contributed by atoms with Gasteiger partial charge in [0.25, 0.3) is 0 Å². The van der Waals surface area contributed by atoms with Crippen molar-refractivity contribution in [3.8, 4) is 6.01 Å². The average molecular weight is 339 g/mol. The molecule has 24 heavy (non-hydrogen) atoms. The summed E-state index contributed by atoms with van der Waals surface area (Å²) in [6.45, 7) is 6.74. The van der Waals surface area contributed by atoms with Crippen LogP contribution in [-0.2, 0) is 11.3 Å². The van der Waals surface area contributed by atoms with Gasteiger partial charge in [0.15, 0.2) is 5.65 Å². The molecule has 2 aliphatic heterocycles. The van der Waals surface area contributed by atoms with Crippen LogP contribution in [0.15, 0.2) is 6.20 Å². The highest BCUT2D eigenvalue weighted by Crippen LogP contribution is 2.30. The largest absolute Gasteiger partial charge is 0.463 e. The van der Waals surface area contributed by atoms with Crippen LogP contribution in [-0.4, -0.2) is 68.6 Å². The number of nitrogens with one attached hydrogen (secondary N) is 1. The van der Waals surface area contributed by atoms with E-state index in [4.69, 9.17) is 9.47 Å². The average Bonchev–Trinajstić information content (AvgIpc) is 2.57. The minimum atomic E-state index is 0. The lowest BCUT2D eigenvalue weighted by molar-refractivity contribution is -0.127. The molecule has 0 aromatic carbocycles. The van der Waals surface area contributed by atoms with Crippen LogP contribution in [0.3, 0.4) is 0 Å². The van der Waals surface area contributed by atoms with Gasteiger partial charge in [-0.05, 0) is 19.3 Å². The highest BCUT2D eigenvalue weighted by atomic mass is 16.5. The van der Waals surface area contributed by atoms with Crippen molar-refractivity contribution in [2.24, 2.45) is 0 Å². The molecule has 3 N–H and O–H groups in total. The van der Waals surface area contributed by atoms with Gasteiger partial charge in [-0.3, -0.25) is 14.7 Å². The van der Waals surface area contributed by atoms with E-state index < -0.39 is 0 Å². The molecule has 2 aromatic heterocycles. The summed E-state index contributed by atoms with van der Waals surface area (Å²) in [6.07, 6.45) is 6.38. The first-order valence-corrected chi connectivity index (χ1v) is 8.72. The number of unbranched alkanes of at least 4 members (excludes halogenated alkanes) is 1. The third kappa shape index (κ3) is 3.26. The zero-order valence-corrected chi connectivity index (χ0v) is 14.2. The number of hydrogen-bond acceptors (Lipinski definition) is 5. The number of aromatic amines is 1. The molecule has 8 heteroatoms. The summed E-state index contributed by atoms with van der Waals surface area (Å²) in [4.78, 5) is 11.3. The highest BCUT2D eigenvalue weighted by molar-refractivity contribution is 5.71. The summed E-state index contributed by atoms with van der Waals surface area (Å²) >= 11 is 0. The number of H-pyrrole nitrogens is 1. The fraction of sp³-hybridized carbons (Fsp3) is 0.750. The van der Waals surface area contributed by atoms with E-state index in [1.807, 2.05) is 0 Å². The Morgan fingerprint density at radius 1 is 1.33 bits per heavy atom. The first-order valence-electron chi connectivity index (χ1n) is 8.72. The van der Waals surface area contributed by atoms with Crippen molar-refractivity contribution in [3.63, 3.8) is 0 Å². The Morgan fingerprint density at radius 2 is 2.17 bits per heavy atom. The van der Waals surface area contributed by atoms with Crippen molar-refractivity contribution in [3.05, 3.63) is 6.20 Å². The van der Waals surface area contributed by atoms with Gasteiger partial charge in [0.2, 0.25) is 0 Å². The molecule has 0 amide bonds. The molecule has 2 aromatic rings. The number of ether oxygens (including phenoxy) is 2. The van der Waals surface area contributed by atoms with Crippen molar-refractivity contribution < 1.29 is 16.4 Å². The molecule has 2 fully saturated rings. The Kier molecular flexibility index (Phi) is 5.37. The molecule has 0 spiro atoms. The Hall–Kier alpha value is -1.64. The van der Waals surface area contributed by atoms with Crippen LogP contribution in [0.4, 0.5) is 0 Å². The normalized spacial score (nSPS) is 23.0. The van der Waals surface area contributed by atoms with Crippen LogP contribution in [0.25, 0.3) is 11.2 Å². The van der Waals surface area contributed by atoms with Crippen molar-refractivity contribution >= 4 is 11.2 Å². The molecule has 2 atom stereocenters. The second-order valence-corrected chi connectivity index (χ2v) is 6.53. The maximum atomic E-state index is 5.59. The van der Waals surface area contributed by atoms with Gasteiger partial charge in [-0.25, -0.2) is 4.98 Å². The maximum Gasteiger partial charge on any atom is 0.318 e. The molecule has 4 heterocycles. The monoisotopic (exact) mass is 339 g/mol. The van der Waals surface area contributed by atoms with E-state index in [0.29, 0.717) is 24.7 Å². The lowest BCUT2D eigenvalue weighted by Gasteiger charge is -2.52. The molecule has 0 aliphatic carbocycles. The zero-order chi connectivity index (χ0) is 15.6. The second kappa shape index (κ2) is 7.50. The summed E-state index contributed by atoms with van der Waals surface area (Å²) < 4.78 is 13.2. The summed E-state index contributed by atoms with van der Waals surface area (Å²) in [6, 6.07) is 1.80. The number of nitrogens with zero attached hydrogens (tertiary/aromatic N) is 4. The summed E-state index contributed by atoms with van der Waals surface area (Å²) in [7, 11) is 0. The lowest BCUT2D eigenvalue weighted by Crippen LogP contribution is -2.63. The van der Waals surface area contributed by atoms with Gasteiger partial charge in [-0.1, -0.05) is 13.3 Å². The van der Waals surface area contributed by atoms with Gasteiger partial charge >= 0.3 is 6.01 Å². The third-order valence-corrected chi connectivity index (χ3v) is 4.89. The number of aryl methyl sites for hydroxylation is 1. The Labute approximate surface area is 142 Å². The van der Waals surface area contributed by atoms with Crippen LogP contribution in [0.1, 0.15) is 34.0 Å². The number of fused-ring (bicyclic) bond motifs is 3. The first-order chi connectivity index (χ1) is 11.3. The molecule has 4 rings (SSSR count). The number of aromatic nitrogens is 4. The predicted molar refractivity (Wildman–Crippen MR) is 92.3 cm³/mol. The molecule has 2 aliphatic rings. The molecule has 8 nitrogen and oxygen atoms in total. The fourth-order valence-corrected chi connectivity index (χ4v) is 3.52. The summed E-state index contributed by atoms with van der Waals surface area (Å²) in [5.41, 5.74) is 1.95. The molecular formula is C16H29N5O3. The van der Waals surface area contributed by atoms with Crippen LogP contribution < -0.4 is 4.74 Å². The molecule has 1 unspecified atom stereocenters. The minimum Gasteiger partial charge on any atom is -0.463 e. The minimum absolute atomic E-state index is 0. The van der Waals surface area contributed by atoms with Crippen molar-refractivity contribution in [1.82, 2.24) is 24.6 Å². The second-order valence-electron chi connectivity index (χ2n) is 6.53. The van der Waals surface area contributed by atoms with Gasteiger partial charge < -0.3 is 14.9 Å². The highest BCUT2D eigenvalue weighted by Gasteiger charge is 2.41. The van der Waals surface area contributed by atoms with Gasteiger partial charge in [0, 0.05) is 26.6 Å². The van der Waals surface area contributed by atoms with Crippen LogP contribution >= 0.6 is 0 Å². The van der Waals surface area contributed by atoms with Crippen molar-refractivity contribution in [1.29, 1.82) is 0 Å². The van der Waals surface area contributed by atoms with E-state index in [1.165, 1.54) is 6.42 Å². The van der Waals surface area contributed by atoms with E-state index in [1.54, 1.807) is 6.20 Å². The van der Waals surface area contributed by atoms with E-state index in [9.17, 15) is 0 Å². The summed E-state index contributed by atoms with van der Waals surface area (Å²) in [5.74, 6) is 0. The molecule has 136 valence electrons. The first kappa shape index (κ1) is 17.2. The molecule has 2 bridgehead atoms. The number of rotatable bonds is 8. The van der Waals surface area contributed by atoms with Gasteiger partial charge in [0.1, 0.15) is 5.52 Å². The standard InChI is InChI=1S/C16H25N5O2.H2O.H2/c1-2-3-7-23-16-17-9-14-15(18-16)21(19-14)6-4-5-20-12-8-13(20)11-22-10-12;;/h9,12-13,19H,2-8,10-11H2,1H3;1H2;1H/t12-,13?;;/m1../s1. The molecule has 0 saturated carbocycles. The Balaban J connectivity index is 0.00000113. The molecule has 2 saturated heterocycles. The quantitative estimate of drug-likeness (QED) is 0.729. The van der Waals surface area contributed by atoms with Gasteiger partial charge in [-0.15, -0.1) is 0 Å². The summed E-state index contributed by atoms with van der Waals surface area (Å²) in [5, 5.41) is 3.29. The zero-order valence-electron chi connectivity index (χ0n) is 14.2. The van der Waals surface area contributed by atoms with Gasteiger partial charge in [-0.2, -0.15) is 4.98 Å². The van der Waals surface area contributed by atoms with E-state index in [2.05, 4.69) is 31.6 Å². The molecular weight excluding hydrogens is 310 g/mol. The molecule has 0 radical (unpaired) electrons. The van der Waals surface area contributed by atoms with E-state index in [0.717, 1.165) is 56.7 Å². The maximum absolute atomic E-state index is 5.59. The Bertz CT molecular complexity index is 647. The Morgan fingerprint density at radius 3 is 2.92 bits per heavy atom. The predicted octanol–water partition coefficient (Wildman–Crippen LogP) is 1.22. The van der Waals surface area contributed by atoms with Crippen molar-refractivity contribution in [2.45, 2.75) is 51.2 Å². The van der Waals surface area contributed by atoms with E-state index in [-0.39, 0.29) is 6.90 Å².